The second-order valence-electron chi connectivity index (χ2n) is 8.31. The molecule has 0 saturated carbocycles. The molecule has 1 amide bonds. The third-order valence-corrected chi connectivity index (χ3v) is 5.86. The van der Waals surface area contributed by atoms with Gasteiger partial charge in [-0.25, -0.2) is 14.6 Å². The Labute approximate surface area is 177 Å². The van der Waals surface area contributed by atoms with E-state index in [0.717, 1.165) is 47.9 Å². The molecular weight excluding hydrogens is 376 g/mol. The molecule has 3 heterocycles. The van der Waals surface area contributed by atoms with E-state index >= 15 is 0 Å². The highest BCUT2D eigenvalue weighted by Gasteiger charge is 2.26. The van der Waals surface area contributed by atoms with Crippen LogP contribution >= 0.6 is 0 Å². The Balaban J connectivity index is 1.73. The van der Waals surface area contributed by atoms with Gasteiger partial charge in [0.25, 0.3) is 0 Å². The number of aromatic nitrogens is 4. The summed E-state index contributed by atoms with van der Waals surface area (Å²) in [7, 11) is 0. The van der Waals surface area contributed by atoms with Crippen LogP contribution in [0.1, 0.15) is 45.9 Å². The lowest BCUT2D eigenvalue weighted by atomic mass is 10.1. The van der Waals surface area contributed by atoms with E-state index in [9.17, 15) is 4.79 Å². The van der Waals surface area contributed by atoms with Gasteiger partial charge in [0.2, 0.25) is 5.91 Å². The summed E-state index contributed by atoms with van der Waals surface area (Å²) in [4.78, 5) is 26.5. The maximum absolute atomic E-state index is 12.4. The van der Waals surface area contributed by atoms with Crippen molar-refractivity contribution in [2.45, 2.75) is 40.0 Å². The quantitative estimate of drug-likeness (QED) is 0.647. The molecule has 0 radical (unpaired) electrons. The van der Waals surface area contributed by atoms with Crippen LogP contribution in [0, 0.1) is 5.92 Å². The molecule has 0 spiro atoms. The number of benzene rings is 1. The number of anilines is 1. The van der Waals surface area contributed by atoms with Crippen LogP contribution in [0.2, 0.25) is 0 Å². The molecule has 1 atom stereocenters. The van der Waals surface area contributed by atoms with Crippen LogP contribution in [0.5, 0.6) is 0 Å². The summed E-state index contributed by atoms with van der Waals surface area (Å²) in [6.45, 7) is 11.2. The van der Waals surface area contributed by atoms with Crippen LogP contribution < -0.4 is 4.90 Å². The number of carbonyl (C=O) groups is 1. The zero-order chi connectivity index (χ0) is 21.3. The van der Waals surface area contributed by atoms with Gasteiger partial charge in [0.1, 0.15) is 11.6 Å². The Bertz CT molecular complexity index is 1020. The summed E-state index contributed by atoms with van der Waals surface area (Å²) < 4.78 is 1.89. The highest BCUT2D eigenvalue weighted by molar-refractivity contribution is 5.88. The lowest BCUT2D eigenvalue weighted by Crippen LogP contribution is -2.50. The molecule has 3 aromatic rings. The molecule has 7 heteroatoms. The third-order valence-electron chi connectivity index (χ3n) is 5.86. The number of hydrogen-bond donors (Lipinski definition) is 0. The number of para-hydroxylation sites is 1. The zero-order valence-corrected chi connectivity index (χ0v) is 18.2. The van der Waals surface area contributed by atoms with E-state index in [1.807, 2.05) is 60.0 Å². The Morgan fingerprint density at radius 2 is 1.73 bits per heavy atom. The van der Waals surface area contributed by atoms with E-state index in [-0.39, 0.29) is 17.7 Å². The highest BCUT2D eigenvalue weighted by Crippen LogP contribution is 2.29. The number of carbonyl (C=O) groups excluding carboxylic acids is 1. The second-order valence-corrected chi connectivity index (χ2v) is 8.31. The summed E-state index contributed by atoms with van der Waals surface area (Å²) >= 11 is 0. The summed E-state index contributed by atoms with van der Waals surface area (Å²) in [6, 6.07) is 10.1. The van der Waals surface area contributed by atoms with Gasteiger partial charge >= 0.3 is 0 Å². The van der Waals surface area contributed by atoms with E-state index in [1.54, 1.807) is 0 Å². The predicted molar refractivity (Wildman–Crippen MR) is 119 cm³/mol. The minimum Gasteiger partial charge on any atom is -0.352 e. The van der Waals surface area contributed by atoms with Crippen molar-refractivity contribution in [3.63, 3.8) is 0 Å². The largest absolute Gasteiger partial charge is 0.352 e. The van der Waals surface area contributed by atoms with Crippen molar-refractivity contribution in [3.8, 4) is 5.69 Å². The summed E-state index contributed by atoms with van der Waals surface area (Å²) in [5.41, 5.74) is 1.82. The Morgan fingerprint density at radius 3 is 2.37 bits per heavy atom. The highest BCUT2D eigenvalue weighted by atomic mass is 16.2. The Morgan fingerprint density at radius 1 is 1.03 bits per heavy atom. The van der Waals surface area contributed by atoms with Gasteiger partial charge in [-0.2, -0.15) is 5.10 Å². The number of piperazine rings is 1. The fraction of sp³-hybridized carbons (Fsp3) is 0.478. The maximum atomic E-state index is 12.4. The first-order chi connectivity index (χ1) is 14.5. The number of nitrogens with zero attached hydrogens (tertiary/aromatic N) is 6. The minimum atomic E-state index is 0.0309. The molecule has 0 aliphatic carbocycles. The fourth-order valence-electron chi connectivity index (χ4n) is 3.82. The summed E-state index contributed by atoms with van der Waals surface area (Å²) in [6.07, 6.45) is 2.84. The standard InChI is InChI=1S/C23H30N6O/c1-5-17(4)20-25-21(27-11-13-28(14-12-27)23(30)16(2)3)19-15-24-29(22(19)26-20)18-9-7-6-8-10-18/h6-10,15-17H,5,11-14H2,1-4H3/t17-/m1/s1. The molecule has 1 aliphatic heterocycles. The van der Waals surface area contributed by atoms with Crippen LogP contribution in [-0.4, -0.2) is 56.7 Å². The molecule has 4 rings (SSSR count). The van der Waals surface area contributed by atoms with Gasteiger partial charge < -0.3 is 9.80 Å². The molecule has 30 heavy (non-hydrogen) atoms. The van der Waals surface area contributed by atoms with Gasteiger partial charge in [0, 0.05) is 38.0 Å². The van der Waals surface area contributed by atoms with E-state index in [2.05, 4.69) is 23.8 Å². The first kappa shape index (κ1) is 20.3. The summed E-state index contributed by atoms with van der Waals surface area (Å²) in [5, 5.41) is 5.59. The molecule has 1 saturated heterocycles. The van der Waals surface area contributed by atoms with Crippen LogP contribution in [0.4, 0.5) is 5.82 Å². The van der Waals surface area contributed by atoms with Gasteiger partial charge in [-0.3, -0.25) is 4.79 Å². The fourth-order valence-corrected chi connectivity index (χ4v) is 3.82. The molecule has 0 unspecified atom stereocenters. The van der Waals surface area contributed by atoms with Crippen LogP contribution in [0.25, 0.3) is 16.7 Å². The lowest BCUT2D eigenvalue weighted by molar-refractivity contribution is -0.134. The van der Waals surface area contributed by atoms with Crippen LogP contribution in [0.3, 0.4) is 0 Å². The monoisotopic (exact) mass is 406 g/mol. The molecule has 1 aromatic carbocycles. The van der Waals surface area contributed by atoms with Gasteiger partial charge in [-0.15, -0.1) is 0 Å². The number of hydrogen-bond acceptors (Lipinski definition) is 5. The van der Waals surface area contributed by atoms with Crippen molar-refractivity contribution in [1.29, 1.82) is 0 Å². The lowest BCUT2D eigenvalue weighted by Gasteiger charge is -2.36. The molecule has 1 fully saturated rings. The zero-order valence-electron chi connectivity index (χ0n) is 18.2. The SMILES string of the molecule is CC[C@@H](C)c1nc(N2CCN(C(=O)C(C)C)CC2)c2cnn(-c3ccccc3)c2n1. The normalized spacial score (nSPS) is 15.8. The van der Waals surface area contributed by atoms with Gasteiger partial charge in [-0.05, 0) is 18.6 Å². The first-order valence-electron chi connectivity index (χ1n) is 10.8. The van der Waals surface area contributed by atoms with E-state index in [4.69, 9.17) is 9.97 Å². The Kier molecular flexibility index (Phi) is 5.70. The molecule has 158 valence electrons. The molecule has 0 bridgehead atoms. The van der Waals surface area contributed by atoms with E-state index < -0.39 is 0 Å². The molecular formula is C23H30N6O. The van der Waals surface area contributed by atoms with Crippen molar-refractivity contribution in [3.05, 3.63) is 42.4 Å². The Hall–Kier alpha value is -2.96. The van der Waals surface area contributed by atoms with Crippen LogP contribution in [0.15, 0.2) is 36.5 Å². The average Bonchev–Trinajstić information content (AvgIpc) is 3.22. The van der Waals surface area contributed by atoms with Gasteiger partial charge in [0.15, 0.2) is 5.65 Å². The summed E-state index contributed by atoms with van der Waals surface area (Å²) in [5.74, 6) is 2.28. The van der Waals surface area contributed by atoms with Crippen molar-refractivity contribution in [2.75, 3.05) is 31.1 Å². The number of amides is 1. The van der Waals surface area contributed by atoms with E-state index in [1.165, 1.54) is 0 Å². The number of rotatable bonds is 5. The van der Waals surface area contributed by atoms with Crippen molar-refractivity contribution >= 4 is 22.8 Å². The maximum Gasteiger partial charge on any atom is 0.225 e. The van der Waals surface area contributed by atoms with Crippen molar-refractivity contribution in [1.82, 2.24) is 24.6 Å². The van der Waals surface area contributed by atoms with Crippen molar-refractivity contribution < 1.29 is 4.79 Å². The smallest absolute Gasteiger partial charge is 0.225 e. The molecule has 0 N–H and O–H groups in total. The van der Waals surface area contributed by atoms with Gasteiger partial charge in [0.05, 0.1) is 17.3 Å². The third kappa shape index (κ3) is 3.76. The predicted octanol–water partition coefficient (Wildman–Crippen LogP) is 3.63. The second kappa shape index (κ2) is 8.42. The van der Waals surface area contributed by atoms with E-state index in [0.29, 0.717) is 13.1 Å². The molecule has 1 aliphatic rings. The molecule has 2 aromatic heterocycles. The minimum absolute atomic E-state index is 0.0309. The van der Waals surface area contributed by atoms with Gasteiger partial charge in [-0.1, -0.05) is 45.9 Å². The topological polar surface area (TPSA) is 67.2 Å². The molecule has 7 nitrogen and oxygen atoms in total. The first-order valence-corrected chi connectivity index (χ1v) is 10.8. The van der Waals surface area contributed by atoms with Crippen molar-refractivity contribution in [2.24, 2.45) is 5.92 Å². The van der Waals surface area contributed by atoms with Crippen LogP contribution in [-0.2, 0) is 4.79 Å². The average molecular weight is 407 g/mol. The number of fused-ring (bicyclic) bond motifs is 1.